The number of nitrogens with one attached hydrogen (secondary N) is 1. The van der Waals surface area contributed by atoms with Gasteiger partial charge in [-0.25, -0.2) is 8.42 Å². The molecule has 0 bridgehead atoms. The Morgan fingerprint density at radius 1 is 1.06 bits per heavy atom. The Morgan fingerprint density at radius 2 is 1.70 bits per heavy atom. The lowest BCUT2D eigenvalue weighted by Gasteiger charge is -2.25. The van der Waals surface area contributed by atoms with Crippen molar-refractivity contribution in [3.8, 4) is 0 Å². The number of hydrogen-bond acceptors (Lipinski definition) is 3. The summed E-state index contributed by atoms with van der Waals surface area (Å²) in [5.41, 5.74) is -0.596. The van der Waals surface area contributed by atoms with Crippen molar-refractivity contribution in [2.45, 2.75) is 52.3 Å². The maximum absolute atomic E-state index is 13.4. The van der Waals surface area contributed by atoms with Crippen molar-refractivity contribution in [1.82, 2.24) is 5.32 Å². The van der Waals surface area contributed by atoms with Crippen LogP contribution in [0, 0.1) is 5.92 Å². The maximum Gasteiger partial charge on any atom is 0.418 e. The Bertz CT molecular complexity index is 1020. The number of para-hydroxylation sites is 1. The Hall–Kier alpha value is -2.55. The van der Waals surface area contributed by atoms with E-state index < -0.39 is 27.5 Å². The third-order valence-corrected chi connectivity index (χ3v) is 6.64. The number of carbonyl (C=O) groups is 1. The number of alkyl halides is 3. The van der Waals surface area contributed by atoms with E-state index in [1.165, 1.54) is 12.1 Å². The molecule has 0 aliphatic heterocycles. The highest BCUT2D eigenvalue weighted by atomic mass is 32.2. The van der Waals surface area contributed by atoms with E-state index in [0.29, 0.717) is 23.6 Å². The maximum atomic E-state index is 13.4. The molecule has 1 N–H and O–H groups in total. The molecule has 0 fully saturated rings. The highest BCUT2D eigenvalue weighted by Crippen LogP contribution is 2.37. The third kappa shape index (κ3) is 7.77. The number of carbonyl (C=O) groups excluding carboxylic acids is 1. The van der Waals surface area contributed by atoms with Gasteiger partial charge in [0.25, 0.3) is 5.91 Å². The second kappa shape index (κ2) is 11.5. The molecule has 1 amide bonds. The third-order valence-electron chi connectivity index (χ3n) is 5.52. The molecule has 0 saturated carbocycles. The van der Waals surface area contributed by atoms with Crippen LogP contribution in [0.5, 0.6) is 0 Å². The van der Waals surface area contributed by atoms with Crippen LogP contribution in [0.1, 0.15) is 61.0 Å². The first-order valence-electron chi connectivity index (χ1n) is 11.0. The largest absolute Gasteiger partial charge is 0.418 e. The van der Waals surface area contributed by atoms with Gasteiger partial charge < -0.3 is 5.32 Å². The summed E-state index contributed by atoms with van der Waals surface area (Å²) in [7, 11) is -4.00. The van der Waals surface area contributed by atoms with Crippen molar-refractivity contribution in [3.05, 3.63) is 65.2 Å². The molecule has 0 aromatic heterocycles. The van der Waals surface area contributed by atoms with Crippen LogP contribution in [0.3, 0.4) is 0 Å². The number of anilines is 1. The Balaban J connectivity index is 2.17. The van der Waals surface area contributed by atoms with Crippen LogP contribution in [0.25, 0.3) is 0 Å². The fraction of sp³-hybridized carbons (Fsp3) is 0.458. The van der Waals surface area contributed by atoms with Gasteiger partial charge in [-0.1, -0.05) is 57.4 Å². The van der Waals surface area contributed by atoms with Crippen LogP contribution in [0.4, 0.5) is 18.9 Å². The van der Waals surface area contributed by atoms with Crippen LogP contribution in [-0.4, -0.2) is 27.1 Å². The fourth-order valence-corrected chi connectivity index (χ4v) is 4.42. The summed E-state index contributed by atoms with van der Waals surface area (Å²) in [6.45, 7) is 4.50. The van der Waals surface area contributed by atoms with E-state index in [-0.39, 0.29) is 12.5 Å². The molecule has 0 aliphatic carbocycles. The van der Waals surface area contributed by atoms with E-state index in [9.17, 15) is 26.4 Å². The number of sulfonamides is 1. The molecule has 33 heavy (non-hydrogen) atoms. The summed E-state index contributed by atoms with van der Waals surface area (Å²) in [4.78, 5) is 12.5. The monoisotopic (exact) mass is 484 g/mol. The summed E-state index contributed by atoms with van der Waals surface area (Å²) < 4.78 is 65.7. The van der Waals surface area contributed by atoms with Crippen molar-refractivity contribution >= 4 is 21.6 Å². The zero-order valence-electron chi connectivity index (χ0n) is 19.2. The minimum Gasteiger partial charge on any atom is -0.352 e. The number of nitrogens with zero attached hydrogens (tertiary/aromatic N) is 1. The average Bonchev–Trinajstić information content (AvgIpc) is 2.76. The summed E-state index contributed by atoms with van der Waals surface area (Å²) in [6, 6.07) is 10.8. The van der Waals surface area contributed by atoms with Gasteiger partial charge in [0.1, 0.15) is 0 Å². The summed E-state index contributed by atoms with van der Waals surface area (Å²) in [5, 5.41) is 2.92. The Kier molecular flexibility index (Phi) is 9.34. The van der Waals surface area contributed by atoms with Crippen LogP contribution >= 0.6 is 0 Å². The molecular weight excluding hydrogens is 453 g/mol. The van der Waals surface area contributed by atoms with Crippen molar-refractivity contribution in [2.24, 2.45) is 5.92 Å². The topological polar surface area (TPSA) is 66.5 Å². The predicted molar refractivity (Wildman–Crippen MR) is 125 cm³/mol. The van der Waals surface area contributed by atoms with E-state index in [0.717, 1.165) is 48.4 Å². The Labute approximate surface area is 194 Å². The van der Waals surface area contributed by atoms with Gasteiger partial charge in [-0.2, -0.15) is 13.2 Å². The zero-order valence-corrected chi connectivity index (χ0v) is 20.0. The zero-order chi connectivity index (χ0) is 24.6. The molecule has 5 nitrogen and oxygen atoms in total. The molecule has 2 aromatic rings. The van der Waals surface area contributed by atoms with Crippen LogP contribution in [0.15, 0.2) is 48.5 Å². The highest BCUT2D eigenvalue weighted by Gasteiger charge is 2.36. The van der Waals surface area contributed by atoms with E-state index in [4.69, 9.17) is 0 Å². The number of amides is 1. The van der Waals surface area contributed by atoms with Gasteiger partial charge >= 0.3 is 6.18 Å². The highest BCUT2D eigenvalue weighted by molar-refractivity contribution is 7.92. The predicted octanol–water partition coefficient (Wildman–Crippen LogP) is 5.62. The second-order valence-corrected chi connectivity index (χ2v) is 10.0. The number of halogens is 3. The lowest BCUT2D eigenvalue weighted by molar-refractivity contribution is -0.137. The molecule has 2 rings (SSSR count). The molecular formula is C24H31F3N2O3S. The number of benzene rings is 2. The Morgan fingerprint density at radius 3 is 2.24 bits per heavy atom. The van der Waals surface area contributed by atoms with Crippen molar-refractivity contribution in [1.29, 1.82) is 0 Å². The molecule has 0 spiro atoms. The number of rotatable bonds is 11. The molecule has 0 saturated heterocycles. The van der Waals surface area contributed by atoms with Crippen LogP contribution < -0.4 is 9.62 Å². The lowest BCUT2D eigenvalue weighted by atomic mass is 9.99. The lowest BCUT2D eigenvalue weighted by Crippen LogP contribution is -2.31. The van der Waals surface area contributed by atoms with Crippen molar-refractivity contribution in [3.63, 3.8) is 0 Å². The summed E-state index contributed by atoms with van der Waals surface area (Å²) in [5.74, 6) is 0.170. The van der Waals surface area contributed by atoms with Crippen molar-refractivity contribution in [2.75, 3.05) is 17.1 Å². The normalized spacial score (nSPS) is 12.9. The van der Waals surface area contributed by atoms with E-state index in [1.54, 1.807) is 24.3 Å². The van der Waals surface area contributed by atoms with Gasteiger partial charge in [-0.3, -0.25) is 9.10 Å². The summed E-state index contributed by atoms with van der Waals surface area (Å²) in [6.07, 6.45) is 0.397. The van der Waals surface area contributed by atoms with Gasteiger partial charge in [0.15, 0.2) is 0 Å². The molecule has 9 heteroatoms. The van der Waals surface area contributed by atoms with Gasteiger partial charge in [0, 0.05) is 12.1 Å². The van der Waals surface area contributed by atoms with Crippen molar-refractivity contribution < 1.29 is 26.4 Å². The second-order valence-electron chi connectivity index (χ2n) is 8.11. The first kappa shape index (κ1) is 26.7. The smallest absolute Gasteiger partial charge is 0.352 e. The minimum atomic E-state index is -4.70. The van der Waals surface area contributed by atoms with E-state index >= 15 is 0 Å². The first-order chi connectivity index (χ1) is 15.5. The first-order valence-corrected chi connectivity index (χ1v) is 12.8. The molecule has 1 unspecified atom stereocenters. The molecule has 182 valence electrons. The standard InChI is InChI=1S/C24H31F3N2O3S/c1-4-6-9-18(5-2)16-28-23(30)20-14-12-19(13-15-20)17-29(33(3,31)32)22-11-8-7-10-21(22)24(25,26)27/h7-8,10-15,18H,4-6,9,16-17H2,1-3H3,(H,28,30). The molecule has 0 aliphatic rings. The molecule has 2 aromatic carbocycles. The average molecular weight is 485 g/mol. The van der Waals surface area contributed by atoms with Crippen LogP contribution in [-0.2, 0) is 22.7 Å². The minimum absolute atomic E-state index is 0.237. The number of hydrogen-bond donors (Lipinski definition) is 1. The van der Waals surface area contributed by atoms with E-state index in [2.05, 4.69) is 19.2 Å². The van der Waals surface area contributed by atoms with Gasteiger partial charge in [-0.05, 0) is 42.2 Å². The van der Waals surface area contributed by atoms with Gasteiger partial charge in [-0.15, -0.1) is 0 Å². The quantitative estimate of drug-likeness (QED) is 0.450. The molecule has 0 radical (unpaired) electrons. The van der Waals surface area contributed by atoms with Gasteiger partial charge in [0.2, 0.25) is 10.0 Å². The number of unbranched alkanes of at least 4 members (excludes halogenated alkanes) is 1. The van der Waals surface area contributed by atoms with Crippen LogP contribution in [0.2, 0.25) is 0 Å². The SMILES string of the molecule is CCCCC(CC)CNC(=O)c1ccc(CN(c2ccccc2C(F)(F)F)S(C)(=O)=O)cc1. The summed E-state index contributed by atoms with van der Waals surface area (Å²) >= 11 is 0. The molecule has 0 heterocycles. The van der Waals surface area contributed by atoms with E-state index in [1.807, 2.05) is 0 Å². The molecule has 1 atom stereocenters. The van der Waals surface area contributed by atoms with Gasteiger partial charge in [0.05, 0.1) is 24.1 Å². The fourth-order valence-electron chi connectivity index (χ4n) is 3.52.